The van der Waals surface area contributed by atoms with Crippen LogP contribution in [0.5, 0.6) is 5.88 Å². The topological polar surface area (TPSA) is 25.0 Å². The van der Waals surface area contributed by atoms with Crippen molar-refractivity contribution in [2.45, 2.75) is 38.9 Å². The van der Waals surface area contributed by atoms with Crippen LogP contribution in [0, 0.1) is 0 Å². The van der Waals surface area contributed by atoms with E-state index in [0.717, 1.165) is 11.4 Å². The molecule has 2 aromatic rings. The summed E-state index contributed by atoms with van der Waals surface area (Å²) in [6, 6.07) is 11.6. The molecule has 92 valence electrons. The Hall–Kier alpha value is -1.22. The fraction of sp³-hybridized carbons (Fsp3) is 0.429. The lowest BCUT2D eigenvalue weighted by Crippen LogP contribution is -2.33. The van der Waals surface area contributed by atoms with Crippen molar-refractivity contribution in [3.63, 3.8) is 0 Å². The molecule has 0 atom stereocenters. The average molecular weight is 247 g/mol. The largest absolute Gasteiger partial charge is 0.532 e. The second kappa shape index (κ2) is 4.96. The third kappa shape index (κ3) is 3.13. The predicted molar refractivity (Wildman–Crippen MR) is 76.1 cm³/mol. The van der Waals surface area contributed by atoms with E-state index in [9.17, 15) is 0 Å². The molecule has 0 spiro atoms. The number of unbranched alkanes of at least 4 members (excludes halogenated alkanes) is 1. The van der Waals surface area contributed by atoms with Gasteiger partial charge >= 0.3 is 0 Å². The van der Waals surface area contributed by atoms with Crippen LogP contribution in [0.25, 0.3) is 10.9 Å². The molecule has 1 aromatic carbocycles. The minimum atomic E-state index is -1.56. The van der Waals surface area contributed by atoms with E-state index in [1.54, 1.807) is 0 Å². The molecule has 0 saturated heterocycles. The number of rotatable bonds is 5. The zero-order valence-corrected chi connectivity index (χ0v) is 11.9. The molecule has 0 fully saturated rings. The first-order valence-electron chi connectivity index (χ1n) is 6.37. The van der Waals surface area contributed by atoms with Crippen LogP contribution in [0.4, 0.5) is 0 Å². The Morgan fingerprint density at radius 1 is 1.24 bits per heavy atom. The smallest absolute Gasteiger partial charge is 0.247 e. The van der Waals surface area contributed by atoms with Gasteiger partial charge in [-0.1, -0.05) is 38.0 Å². The van der Waals surface area contributed by atoms with Crippen molar-refractivity contribution in [3.05, 3.63) is 30.3 Å². The maximum absolute atomic E-state index is 6.17. The van der Waals surface area contributed by atoms with Gasteiger partial charge in [0.2, 0.25) is 8.32 Å². The molecule has 1 aromatic heterocycles. The lowest BCUT2D eigenvalue weighted by Gasteiger charge is -2.22. The summed E-state index contributed by atoms with van der Waals surface area (Å²) in [6.45, 7) is 6.80. The molecule has 0 aliphatic heterocycles. The van der Waals surface area contributed by atoms with Gasteiger partial charge in [0, 0.05) is 17.0 Å². The number of H-pyrrole nitrogens is 1. The summed E-state index contributed by atoms with van der Waals surface area (Å²) in [5, 5.41) is 1.22. The number of aromatic amines is 1. The Morgan fingerprint density at radius 2 is 2.00 bits per heavy atom. The van der Waals surface area contributed by atoms with E-state index in [0.29, 0.717) is 0 Å². The minimum Gasteiger partial charge on any atom is -0.532 e. The highest BCUT2D eigenvalue weighted by molar-refractivity contribution is 6.71. The Kier molecular flexibility index (Phi) is 3.57. The Bertz CT molecular complexity index is 457. The SMILES string of the molecule is CCCC[Si](C)(C)Oc1cc2ccccc2[nH]1. The molecule has 0 amide bonds. The van der Waals surface area contributed by atoms with Gasteiger partial charge in [0.15, 0.2) is 5.88 Å². The van der Waals surface area contributed by atoms with Gasteiger partial charge in [-0.15, -0.1) is 0 Å². The number of nitrogens with one attached hydrogen (secondary N) is 1. The van der Waals surface area contributed by atoms with Crippen LogP contribution in [-0.4, -0.2) is 13.3 Å². The zero-order chi connectivity index (χ0) is 12.3. The second-order valence-electron chi connectivity index (χ2n) is 5.19. The first-order valence-corrected chi connectivity index (χ1v) is 9.49. The van der Waals surface area contributed by atoms with Crippen LogP contribution in [-0.2, 0) is 0 Å². The number of aromatic nitrogens is 1. The lowest BCUT2D eigenvalue weighted by molar-refractivity contribution is 0.526. The van der Waals surface area contributed by atoms with Gasteiger partial charge in [0.1, 0.15) is 0 Å². The highest BCUT2D eigenvalue weighted by Gasteiger charge is 2.24. The Morgan fingerprint density at radius 3 is 2.71 bits per heavy atom. The van der Waals surface area contributed by atoms with Crippen molar-refractivity contribution in [1.29, 1.82) is 0 Å². The van der Waals surface area contributed by atoms with E-state index in [1.807, 2.05) is 6.07 Å². The quantitative estimate of drug-likeness (QED) is 0.770. The normalized spacial score (nSPS) is 11.9. The second-order valence-corrected chi connectivity index (χ2v) is 9.41. The molecule has 0 radical (unpaired) electrons. The van der Waals surface area contributed by atoms with Crippen LogP contribution in [0.15, 0.2) is 30.3 Å². The van der Waals surface area contributed by atoms with Crippen molar-refractivity contribution in [2.24, 2.45) is 0 Å². The van der Waals surface area contributed by atoms with Gasteiger partial charge in [-0.2, -0.15) is 0 Å². The van der Waals surface area contributed by atoms with Crippen LogP contribution < -0.4 is 4.43 Å². The summed E-state index contributed by atoms with van der Waals surface area (Å²) in [6.07, 6.45) is 2.51. The summed E-state index contributed by atoms with van der Waals surface area (Å²) >= 11 is 0. The van der Waals surface area contributed by atoms with Crippen molar-refractivity contribution in [2.75, 3.05) is 0 Å². The summed E-state index contributed by atoms with van der Waals surface area (Å²) in [5.41, 5.74) is 1.16. The molecule has 17 heavy (non-hydrogen) atoms. The van der Waals surface area contributed by atoms with Gasteiger partial charge in [0.05, 0.1) is 0 Å². The molecule has 1 heterocycles. The summed E-state index contributed by atoms with van der Waals surface area (Å²) < 4.78 is 6.17. The highest BCUT2D eigenvalue weighted by atomic mass is 28.4. The molecule has 1 N–H and O–H groups in total. The first-order chi connectivity index (χ1) is 8.11. The molecular formula is C14H21NOSi. The predicted octanol–water partition coefficient (Wildman–Crippen LogP) is 4.55. The van der Waals surface area contributed by atoms with E-state index in [2.05, 4.69) is 49.3 Å². The third-order valence-electron chi connectivity index (χ3n) is 3.02. The standard InChI is InChI=1S/C14H21NOSi/c1-4-5-10-17(2,3)16-14-11-12-8-6-7-9-13(12)15-14/h6-9,11,15H,4-5,10H2,1-3H3. The molecule has 0 unspecified atom stereocenters. The van der Waals surface area contributed by atoms with Crippen LogP contribution in [0.3, 0.4) is 0 Å². The van der Waals surface area contributed by atoms with Gasteiger partial charge in [-0.05, 0) is 25.2 Å². The van der Waals surface area contributed by atoms with Gasteiger partial charge in [-0.3, -0.25) is 0 Å². The molecule has 2 rings (SSSR count). The van der Waals surface area contributed by atoms with Gasteiger partial charge < -0.3 is 9.41 Å². The molecule has 0 aliphatic rings. The zero-order valence-electron chi connectivity index (χ0n) is 10.9. The maximum Gasteiger partial charge on any atom is 0.247 e. The van der Waals surface area contributed by atoms with E-state index in [1.165, 1.54) is 24.3 Å². The fourth-order valence-corrected chi connectivity index (χ4v) is 4.07. The summed E-state index contributed by atoms with van der Waals surface area (Å²) in [4.78, 5) is 3.34. The van der Waals surface area contributed by atoms with Crippen LogP contribution in [0.1, 0.15) is 19.8 Å². The fourth-order valence-electron chi connectivity index (χ4n) is 2.05. The Balaban J connectivity index is 2.12. The molecule has 0 saturated carbocycles. The van der Waals surface area contributed by atoms with Crippen molar-refractivity contribution >= 4 is 19.2 Å². The minimum absolute atomic E-state index is 0.930. The average Bonchev–Trinajstić information content (AvgIpc) is 2.67. The summed E-state index contributed by atoms with van der Waals surface area (Å²) in [7, 11) is -1.56. The molecule has 0 bridgehead atoms. The number of fused-ring (bicyclic) bond motifs is 1. The number of hydrogen-bond acceptors (Lipinski definition) is 1. The van der Waals surface area contributed by atoms with Crippen molar-refractivity contribution in [3.8, 4) is 5.88 Å². The van der Waals surface area contributed by atoms with Crippen molar-refractivity contribution in [1.82, 2.24) is 4.98 Å². The van der Waals surface area contributed by atoms with Gasteiger partial charge in [0.25, 0.3) is 0 Å². The Labute approximate surface area is 104 Å². The van der Waals surface area contributed by atoms with Crippen LogP contribution >= 0.6 is 0 Å². The van der Waals surface area contributed by atoms with E-state index >= 15 is 0 Å². The molecular weight excluding hydrogens is 226 g/mol. The van der Waals surface area contributed by atoms with Crippen LogP contribution in [0.2, 0.25) is 19.1 Å². The first kappa shape index (κ1) is 12.2. The number of para-hydroxylation sites is 1. The number of hydrogen-bond donors (Lipinski definition) is 1. The molecule has 3 heteroatoms. The third-order valence-corrected chi connectivity index (χ3v) is 5.35. The number of benzene rings is 1. The van der Waals surface area contributed by atoms with E-state index in [4.69, 9.17) is 4.43 Å². The summed E-state index contributed by atoms with van der Waals surface area (Å²) in [5.74, 6) is 0.930. The molecule has 0 aliphatic carbocycles. The van der Waals surface area contributed by atoms with E-state index < -0.39 is 8.32 Å². The van der Waals surface area contributed by atoms with Crippen molar-refractivity contribution < 1.29 is 4.43 Å². The maximum atomic E-state index is 6.17. The van der Waals surface area contributed by atoms with E-state index in [-0.39, 0.29) is 0 Å². The van der Waals surface area contributed by atoms with Gasteiger partial charge in [-0.25, -0.2) is 0 Å². The monoisotopic (exact) mass is 247 g/mol. The highest BCUT2D eigenvalue weighted by Crippen LogP contribution is 2.24. The molecule has 2 nitrogen and oxygen atoms in total. The lowest BCUT2D eigenvalue weighted by atomic mass is 10.3.